The Bertz CT molecular complexity index is 792. The van der Waals surface area contributed by atoms with Gasteiger partial charge >= 0.3 is 0 Å². The predicted octanol–water partition coefficient (Wildman–Crippen LogP) is 6.12. The molecule has 29 heavy (non-hydrogen) atoms. The van der Waals surface area contributed by atoms with Crippen molar-refractivity contribution >= 4 is 0 Å². The molecule has 154 valence electrons. The lowest BCUT2D eigenvalue weighted by atomic mass is 9.63. The van der Waals surface area contributed by atoms with E-state index in [-0.39, 0.29) is 11.7 Å². The molecule has 0 heterocycles. The number of rotatable bonds is 9. The normalized spacial score (nSPS) is 17.0. The average Bonchev–Trinajstić information content (AvgIpc) is 2.77. The second-order valence-corrected chi connectivity index (χ2v) is 8.54. The summed E-state index contributed by atoms with van der Waals surface area (Å²) in [7, 11) is 2.14. The number of nitrogens with zero attached hydrogens (tertiary/aromatic N) is 2. The van der Waals surface area contributed by atoms with Gasteiger partial charge in [-0.2, -0.15) is 5.26 Å². The third-order valence-corrected chi connectivity index (χ3v) is 6.59. The van der Waals surface area contributed by atoms with E-state index in [0.717, 1.165) is 58.0 Å². The monoisotopic (exact) mass is 392 g/mol. The van der Waals surface area contributed by atoms with E-state index in [2.05, 4.69) is 42.3 Å². The van der Waals surface area contributed by atoms with Crippen LogP contribution in [0, 0.1) is 23.1 Å². The molecular weight excluding hydrogens is 359 g/mol. The van der Waals surface area contributed by atoms with Gasteiger partial charge in [0, 0.05) is 12.1 Å². The summed E-state index contributed by atoms with van der Waals surface area (Å²) in [6.07, 6.45) is 8.26. The fourth-order valence-corrected chi connectivity index (χ4v) is 4.89. The summed E-state index contributed by atoms with van der Waals surface area (Å²) in [4.78, 5) is 2.33. The molecule has 0 amide bonds. The van der Waals surface area contributed by atoms with E-state index >= 15 is 0 Å². The largest absolute Gasteiger partial charge is 0.306 e. The van der Waals surface area contributed by atoms with Gasteiger partial charge in [-0.3, -0.25) is 0 Å². The second kappa shape index (κ2) is 10.6. The van der Waals surface area contributed by atoms with Crippen LogP contribution < -0.4 is 0 Å². The fourth-order valence-electron chi connectivity index (χ4n) is 4.89. The van der Waals surface area contributed by atoms with Gasteiger partial charge in [0.25, 0.3) is 0 Å². The van der Waals surface area contributed by atoms with E-state index in [1.54, 1.807) is 6.07 Å². The molecule has 2 nitrogen and oxygen atoms in total. The molecule has 0 saturated heterocycles. The van der Waals surface area contributed by atoms with Crippen LogP contribution in [0.3, 0.4) is 0 Å². The van der Waals surface area contributed by atoms with Crippen LogP contribution in [0.2, 0.25) is 0 Å². The maximum Gasteiger partial charge on any atom is 0.128 e. The van der Waals surface area contributed by atoms with Crippen molar-refractivity contribution in [2.75, 3.05) is 20.1 Å². The minimum atomic E-state index is -0.702. The van der Waals surface area contributed by atoms with E-state index in [1.165, 1.54) is 18.1 Å². The smallest absolute Gasteiger partial charge is 0.128 e. The first-order chi connectivity index (χ1) is 14.2. The molecule has 2 aromatic carbocycles. The number of likely N-dealkylation sites (N-methyl/N-ethyl adjacent to an activating group) is 1. The van der Waals surface area contributed by atoms with Crippen molar-refractivity contribution in [1.29, 1.82) is 5.26 Å². The molecule has 3 rings (SSSR count). The first-order valence-electron chi connectivity index (χ1n) is 11.0. The van der Waals surface area contributed by atoms with Crippen LogP contribution in [0.1, 0.15) is 56.1 Å². The Balaban J connectivity index is 1.65. The van der Waals surface area contributed by atoms with E-state index in [9.17, 15) is 9.65 Å². The second-order valence-electron chi connectivity index (χ2n) is 8.54. The van der Waals surface area contributed by atoms with Crippen molar-refractivity contribution in [2.24, 2.45) is 5.92 Å². The van der Waals surface area contributed by atoms with Gasteiger partial charge in [0.05, 0.1) is 11.5 Å². The molecular formula is C26H33FN2. The molecule has 1 atom stereocenters. The van der Waals surface area contributed by atoms with Crippen LogP contribution >= 0.6 is 0 Å². The molecule has 3 heteroatoms. The highest BCUT2D eigenvalue weighted by molar-refractivity contribution is 5.35. The minimum Gasteiger partial charge on any atom is -0.306 e. The molecule has 1 aliphatic rings. The third-order valence-electron chi connectivity index (χ3n) is 6.59. The third kappa shape index (κ3) is 5.46. The van der Waals surface area contributed by atoms with Crippen LogP contribution in [0.25, 0.3) is 0 Å². The van der Waals surface area contributed by atoms with Gasteiger partial charge < -0.3 is 4.90 Å². The predicted molar refractivity (Wildman–Crippen MR) is 117 cm³/mol. The summed E-state index contributed by atoms with van der Waals surface area (Å²) in [5.74, 6) is 0.0323. The van der Waals surface area contributed by atoms with Crippen molar-refractivity contribution in [3.05, 3.63) is 71.5 Å². The Kier molecular flexibility index (Phi) is 7.83. The Morgan fingerprint density at radius 3 is 2.38 bits per heavy atom. The molecule has 0 bridgehead atoms. The summed E-state index contributed by atoms with van der Waals surface area (Å²) in [5, 5.41) is 10.3. The molecule has 0 spiro atoms. The first-order valence-corrected chi connectivity index (χ1v) is 11.0. The van der Waals surface area contributed by atoms with Crippen LogP contribution in [0.5, 0.6) is 0 Å². The molecule has 1 fully saturated rings. The van der Waals surface area contributed by atoms with Crippen LogP contribution in [0.4, 0.5) is 4.39 Å². The maximum atomic E-state index is 14.8. The fraction of sp³-hybridized carbons (Fsp3) is 0.500. The Hall–Kier alpha value is -2.18. The van der Waals surface area contributed by atoms with E-state index in [0.29, 0.717) is 5.56 Å². The quantitative estimate of drug-likeness (QED) is 0.514. The van der Waals surface area contributed by atoms with Gasteiger partial charge in [-0.15, -0.1) is 0 Å². The van der Waals surface area contributed by atoms with E-state index < -0.39 is 5.41 Å². The zero-order valence-electron chi connectivity index (χ0n) is 17.6. The summed E-state index contributed by atoms with van der Waals surface area (Å²) in [6.45, 7) is 1.92. The number of hydrogen-bond acceptors (Lipinski definition) is 2. The highest BCUT2D eigenvalue weighted by Gasteiger charge is 2.42. The Morgan fingerprint density at radius 1 is 1.00 bits per heavy atom. The summed E-state index contributed by atoms with van der Waals surface area (Å²) in [6, 6.07) is 20.1. The molecule has 0 radical (unpaired) electrons. The van der Waals surface area contributed by atoms with E-state index in [4.69, 9.17) is 0 Å². The van der Waals surface area contributed by atoms with Crippen molar-refractivity contribution < 1.29 is 4.39 Å². The van der Waals surface area contributed by atoms with Crippen molar-refractivity contribution in [3.63, 3.8) is 0 Å². The Morgan fingerprint density at radius 2 is 1.69 bits per heavy atom. The number of halogens is 1. The number of hydrogen-bond donors (Lipinski definition) is 0. The number of nitriles is 1. The van der Waals surface area contributed by atoms with Gasteiger partial charge in [-0.05, 0) is 63.2 Å². The molecule has 1 unspecified atom stereocenters. The highest BCUT2D eigenvalue weighted by atomic mass is 19.1. The molecule has 1 aliphatic carbocycles. The van der Waals surface area contributed by atoms with Gasteiger partial charge in [0.1, 0.15) is 5.82 Å². The lowest BCUT2D eigenvalue weighted by Crippen LogP contribution is -2.37. The molecule has 1 saturated carbocycles. The van der Waals surface area contributed by atoms with Crippen LogP contribution in [-0.4, -0.2) is 25.0 Å². The van der Waals surface area contributed by atoms with Crippen LogP contribution in [0.15, 0.2) is 54.6 Å². The summed E-state index contributed by atoms with van der Waals surface area (Å²) < 4.78 is 14.8. The summed E-state index contributed by atoms with van der Waals surface area (Å²) in [5.41, 5.74) is 1.26. The van der Waals surface area contributed by atoms with Crippen molar-refractivity contribution in [2.45, 2.75) is 56.8 Å². The van der Waals surface area contributed by atoms with Gasteiger partial charge in [-0.1, -0.05) is 67.8 Å². The maximum absolute atomic E-state index is 14.8. The lowest BCUT2D eigenvalue weighted by Gasteiger charge is -2.38. The minimum absolute atomic E-state index is 0.225. The zero-order chi connectivity index (χ0) is 20.5. The average molecular weight is 393 g/mol. The van der Waals surface area contributed by atoms with Crippen molar-refractivity contribution in [3.8, 4) is 6.07 Å². The van der Waals surface area contributed by atoms with E-state index in [1.807, 2.05) is 18.2 Å². The Labute approximate surface area is 175 Å². The lowest BCUT2D eigenvalue weighted by molar-refractivity contribution is 0.220. The number of benzene rings is 2. The summed E-state index contributed by atoms with van der Waals surface area (Å²) >= 11 is 0. The van der Waals surface area contributed by atoms with Gasteiger partial charge in [-0.25, -0.2) is 4.39 Å². The molecule has 2 aromatic rings. The standard InChI is InChI=1S/C26H33FN2/c1-29(20-17-22-11-4-2-5-12-22)19-10-18-26(21-28,23-13-6-3-7-14-23)24-15-8-9-16-25(24)27/h2,4-5,8-9,11-12,15-16,23H,3,6-7,10,13-14,17-20H2,1H3. The molecule has 0 aromatic heterocycles. The topological polar surface area (TPSA) is 27.0 Å². The molecule has 0 N–H and O–H groups in total. The first kappa shape index (κ1) is 21.5. The van der Waals surface area contributed by atoms with Crippen molar-refractivity contribution in [1.82, 2.24) is 4.90 Å². The molecule has 0 aliphatic heterocycles. The van der Waals surface area contributed by atoms with Crippen LogP contribution in [-0.2, 0) is 11.8 Å². The zero-order valence-corrected chi connectivity index (χ0v) is 17.6. The highest BCUT2D eigenvalue weighted by Crippen LogP contribution is 2.44. The van der Waals surface area contributed by atoms with Gasteiger partial charge in [0.2, 0.25) is 0 Å². The van der Waals surface area contributed by atoms with Gasteiger partial charge in [0.15, 0.2) is 0 Å². The SMILES string of the molecule is CN(CCCC(C#N)(c1ccccc1F)C1CCCCC1)CCc1ccccc1.